The van der Waals surface area contributed by atoms with Gasteiger partial charge in [-0.05, 0) is 131 Å². The minimum Gasteiger partial charge on any atom is -0.508 e. The number of rotatable bonds is 9. The van der Waals surface area contributed by atoms with Crippen molar-refractivity contribution in [1.29, 1.82) is 0 Å². The van der Waals surface area contributed by atoms with Crippen LogP contribution in [-0.2, 0) is 27.5 Å². The van der Waals surface area contributed by atoms with E-state index in [-0.39, 0.29) is 53.4 Å². The fraction of sp³-hybridized carbons (Fsp3) is 0.354. The summed E-state index contributed by atoms with van der Waals surface area (Å²) in [6.07, 6.45) is 4.77. The Morgan fingerprint density at radius 3 is 1.90 bits per heavy atom. The molecule has 2 N–H and O–H groups in total. The average molecular weight is 844 g/mol. The third-order valence-electron chi connectivity index (χ3n) is 13.4. The number of nitrogens with one attached hydrogen (secondary N) is 1. The highest BCUT2D eigenvalue weighted by Gasteiger charge is 2.46. The first-order valence-electron chi connectivity index (χ1n) is 21.1. The predicted molar refractivity (Wildman–Crippen MR) is 229 cm³/mol. The van der Waals surface area contributed by atoms with Gasteiger partial charge in [0.25, 0.3) is 11.8 Å². The van der Waals surface area contributed by atoms with Gasteiger partial charge in [0.05, 0.1) is 17.7 Å². The topological polar surface area (TPSA) is 131 Å². The molecule has 4 aromatic rings. The SMILES string of the molecule is O=C1CCC(N2C(=O)c3cc4c(cc3C2=O)CN(CC(=O)N2CCC3(CC2)CCN(c2ccc(/C(=C(/CCCl)c5ccc(F)cc5)c5ccc(O)cc5)cc2)CC3)C4)C(=O)N1. The maximum absolute atomic E-state index is 13.9. The molecule has 0 bridgehead atoms. The van der Waals surface area contributed by atoms with E-state index in [4.69, 9.17) is 11.6 Å². The number of phenolic OH excluding ortho intramolecular Hbond substituents is 1. The summed E-state index contributed by atoms with van der Waals surface area (Å²) in [7, 11) is 0. The molecular formula is C48H47ClFN5O6. The first-order chi connectivity index (χ1) is 29.5. The summed E-state index contributed by atoms with van der Waals surface area (Å²) in [6, 6.07) is 24.7. The number of phenols is 1. The van der Waals surface area contributed by atoms with E-state index in [0.717, 1.165) is 88.3 Å². The number of alkyl halides is 1. The van der Waals surface area contributed by atoms with Crippen molar-refractivity contribution in [2.24, 2.45) is 5.41 Å². The van der Waals surface area contributed by atoms with Crippen molar-refractivity contribution in [3.63, 3.8) is 0 Å². The Kier molecular flexibility index (Phi) is 11.0. The first-order valence-corrected chi connectivity index (χ1v) is 21.6. The number of nitrogens with zero attached hydrogens (tertiary/aromatic N) is 4. The molecule has 314 valence electrons. The van der Waals surface area contributed by atoms with Gasteiger partial charge in [0.2, 0.25) is 17.7 Å². The zero-order valence-electron chi connectivity index (χ0n) is 33.8. The van der Waals surface area contributed by atoms with Crippen LogP contribution in [0.25, 0.3) is 11.1 Å². The highest BCUT2D eigenvalue weighted by atomic mass is 35.5. The average Bonchev–Trinajstić information content (AvgIpc) is 3.76. The summed E-state index contributed by atoms with van der Waals surface area (Å²) in [6.45, 7) is 4.50. The monoisotopic (exact) mass is 843 g/mol. The van der Waals surface area contributed by atoms with Crippen molar-refractivity contribution in [2.75, 3.05) is 43.5 Å². The van der Waals surface area contributed by atoms with Gasteiger partial charge >= 0.3 is 0 Å². The number of benzene rings is 4. The molecule has 1 unspecified atom stereocenters. The van der Waals surface area contributed by atoms with E-state index < -0.39 is 29.7 Å². The van der Waals surface area contributed by atoms with Gasteiger partial charge in [-0.25, -0.2) is 4.39 Å². The lowest BCUT2D eigenvalue weighted by molar-refractivity contribution is -0.137. The van der Waals surface area contributed by atoms with Crippen molar-refractivity contribution in [2.45, 2.75) is 64.1 Å². The van der Waals surface area contributed by atoms with Gasteiger partial charge in [-0.2, -0.15) is 0 Å². The van der Waals surface area contributed by atoms with Gasteiger partial charge in [0.1, 0.15) is 17.6 Å². The van der Waals surface area contributed by atoms with Gasteiger partial charge in [0, 0.05) is 57.3 Å². The molecule has 3 fully saturated rings. The normalized spacial score (nSPS) is 20.5. The van der Waals surface area contributed by atoms with Crippen molar-refractivity contribution in [3.8, 4) is 5.75 Å². The van der Waals surface area contributed by atoms with E-state index >= 15 is 0 Å². The maximum Gasteiger partial charge on any atom is 0.262 e. The second-order valence-corrected chi connectivity index (χ2v) is 17.4. The number of aromatic hydroxyl groups is 1. The number of imide groups is 2. The third-order valence-corrected chi connectivity index (χ3v) is 13.6. The summed E-state index contributed by atoms with van der Waals surface area (Å²) >= 11 is 6.32. The Hall–Kier alpha value is -5.85. The lowest BCUT2D eigenvalue weighted by atomic mass is 9.71. The van der Waals surface area contributed by atoms with Crippen LogP contribution in [0.15, 0.2) is 84.9 Å². The molecule has 1 spiro atoms. The molecule has 5 amide bonds. The molecule has 1 atom stereocenters. The van der Waals surface area contributed by atoms with Crippen LogP contribution in [0.2, 0.25) is 0 Å². The van der Waals surface area contributed by atoms with E-state index in [1.807, 2.05) is 21.9 Å². The molecule has 11 nitrogen and oxygen atoms in total. The van der Waals surface area contributed by atoms with Crippen molar-refractivity contribution in [1.82, 2.24) is 20.0 Å². The number of carbonyl (C=O) groups is 5. The van der Waals surface area contributed by atoms with E-state index in [0.29, 0.717) is 38.5 Å². The summed E-state index contributed by atoms with van der Waals surface area (Å²) in [5, 5.41) is 12.3. The molecule has 4 aromatic carbocycles. The minimum atomic E-state index is -1.00. The Labute approximate surface area is 358 Å². The number of likely N-dealkylation sites (tertiary alicyclic amines) is 1. The summed E-state index contributed by atoms with van der Waals surface area (Å²) < 4.78 is 13.9. The van der Waals surface area contributed by atoms with Gasteiger partial charge < -0.3 is 14.9 Å². The van der Waals surface area contributed by atoms with Crippen molar-refractivity contribution in [3.05, 3.63) is 130 Å². The number of anilines is 1. The smallest absolute Gasteiger partial charge is 0.262 e. The number of halogens is 2. The molecule has 9 rings (SSSR count). The minimum absolute atomic E-state index is 0.0692. The lowest BCUT2D eigenvalue weighted by Crippen LogP contribution is -2.54. The highest BCUT2D eigenvalue weighted by Crippen LogP contribution is 2.43. The quantitative estimate of drug-likeness (QED) is 0.108. The lowest BCUT2D eigenvalue weighted by Gasteiger charge is -2.47. The van der Waals surface area contributed by atoms with Crippen LogP contribution in [0.3, 0.4) is 0 Å². The molecular weight excluding hydrogens is 797 g/mol. The second kappa shape index (κ2) is 16.5. The van der Waals surface area contributed by atoms with Gasteiger partial charge in [0.15, 0.2) is 0 Å². The molecule has 3 saturated heterocycles. The molecule has 0 aromatic heterocycles. The fourth-order valence-electron chi connectivity index (χ4n) is 9.95. The van der Waals surface area contributed by atoms with E-state index in [9.17, 15) is 33.5 Å². The number of piperidine rings is 3. The first kappa shape index (κ1) is 40.6. The molecule has 0 saturated carbocycles. The third kappa shape index (κ3) is 7.94. The Morgan fingerprint density at radius 1 is 0.770 bits per heavy atom. The summed E-state index contributed by atoms with van der Waals surface area (Å²) in [4.78, 5) is 71.8. The summed E-state index contributed by atoms with van der Waals surface area (Å²) in [5.41, 5.74) is 8.49. The van der Waals surface area contributed by atoms with E-state index in [1.165, 1.54) is 12.1 Å². The summed E-state index contributed by atoms with van der Waals surface area (Å²) in [5.74, 6) is -1.73. The fourth-order valence-corrected chi connectivity index (χ4v) is 10.1. The van der Waals surface area contributed by atoms with Crippen molar-refractivity contribution >= 4 is 58.0 Å². The van der Waals surface area contributed by atoms with Crippen LogP contribution in [0, 0.1) is 11.2 Å². The van der Waals surface area contributed by atoms with Crippen LogP contribution in [0.4, 0.5) is 10.1 Å². The van der Waals surface area contributed by atoms with Crippen LogP contribution < -0.4 is 10.2 Å². The molecule has 0 aliphatic carbocycles. The number of hydrogen-bond donors (Lipinski definition) is 2. The van der Waals surface area contributed by atoms with Crippen LogP contribution in [-0.4, -0.2) is 94.0 Å². The molecule has 61 heavy (non-hydrogen) atoms. The molecule has 5 aliphatic rings. The molecule has 13 heteroatoms. The highest BCUT2D eigenvalue weighted by molar-refractivity contribution is 6.23. The molecule has 5 heterocycles. The van der Waals surface area contributed by atoms with Gasteiger partial charge in [-0.15, -0.1) is 11.6 Å². The number of fused-ring (bicyclic) bond motifs is 2. The van der Waals surface area contributed by atoms with E-state index in [2.05, 4.69) is 34.5 Å². The second-order valence-electron chi connectivity index (χ2n) is 17.0. The Balaban J connectivity index is 0.798. The Morgan fingerprint density at radius 2 is 1.33 bits per heavy atom. The van der Waals surface area contributed by atoms with Crippen LogP contribution in [0.1, 0.15) is 93.5 Å². The number of allylic oxidation sites excluding steroid dienone is 1. The van der Waals surface area contributed by atoms with Crippen molar-refractivity contribution < 1.29 is 33.5 Å². The van der Waals surface area contributed by atoms with Gasteiger partial charge in [-0.3, -0.25) is 39.1 Å². The van der Waals surface area contributed by atoms with Crippen LogP contribution >= 0.6 is 11.6 Å². The maximum atomic E-state index is 13.9. The number of carbonyl (C=O) groups excluding carboxylic acids is 5. The standard InChI is InChI=1S/C48H47ClFN5O6/c49-20-15-38(30-1-7-35(50)8-2-30)44(32-5-11-37(56)12-6-32)31-3-9-36(10-4-31)53-21-16-48(17-22-53)18-23-54(24-19-48)43(58)29-52-27-33-25-39-40(26-34(33)28-52)47(61)55(46(39)60)41-13-14-42(57)51-45(41)59/h1-12,25-26,41,56H,13-24,27-29H2,(H,51,57,59)/b44-38+. The number of hydrogen-bond acceptors (Lipinski definition) is 8. The van der Waals surface area contributed by atoms with Crippen LogP contribution in [0.5, 0.6) is 5.75 Å². The number of amides is 5. The zero-order chi connectivity index (χ0) is 42.4. The molecule has 5 aliphatic heterocycles. The largest absolute Gasteiger partial charge is 0.508 e. The molecule has 0 radical (unpaired) electrons. The van der Waals surface area contributed by atoms with Gasteiger partial charge in [-0.1, -0.05) is 36.4 Å². The van der Waals surface area contributed by atoms with E-state index in [1.54, 1.807) is 36.4 Å². The zero-order valence-corrected chi connectivity index (χ0v) is 34.6. The Bertz CT molecular complexity index is 2390. The predicted octanol–water partition coefficient (Wildman–Crippen LogP) is 6.75.